The van der Waals surface area contributed by atoms with Crippen LogP contribution in [0, 0.1) is 0 Å². The van der Waals surface area contributed by atoms with Crippen LogP contribution < -0.4 is 4.72 Å². The van der Waals surface area contributed by atoms with Gasteiger partial charge in [-0.15, -0.1) is 11.3 Å². The fourth-order valence-electron chi connectivity index (χ4n) is 1.33. The van der Waals surface area contributed by atoms with E-state index in [9.17, 15) is 4.79 Å². The van der Waals surface area contributed by atoms with E-state index >= 15 is 0 Å². The molecular weight excluding hydrogens is 230 g/mol. The van der Waals surface area contributed by atoms with Crippen molar-refractivity contribution in [1.29, 1.82) is 0 Å². The molecule has 78 valence electrons. The van der Waals surface area contributed by atoms with Crippen LogP contribution in [0.2, 0.25) is 0 Å². The van der Waals surface area contributed by atoms with Gasteiger partial charge in [-0.1, -0.05) is 11.9 Å². The first-order valence-corrected chi connectivity index (χ1v) is 6.30. The zero-order valence-electron chi connectivity index (χ0n) is 7.98. The summed E-state index contributed by atoms with van der Waals surface area (Å²) in [6, 6.07) is 7.54. The molecule has 2 rings (SSSR count). The summed E-state index contributed by atoms with van der Waals surface area (Å²) < 4.78 is 4.11. The van der Waals surface area contributed by atoms with Crippen molar-refractivity contribution in [3.63, 3.8) is 0 Å². The van der Waals surface area contributed by atoms with Gasteiger partial charge in [-0.2, -0.15) is 0 Å². The Kier molecular flexibility index (Phi) is 2.83. The van der Waals surface area contributed by atoms with E-state index in [1.807, 2.05) is 24.5 Å². The van der Waals surface area contributed by atoms with Crippen molar-refractivity contribution in [3.8, 4) is 0 Å². The van der Waals surface area contributed by atoms with Gasteiger partial charge < -0.3 is 9.83 Å². The van der Waals surface area contributed by atoms with Crippen LogP contribution >= 0.6 is 23.3 Å². The van der Waals surface area contributed by atoms with Gasteiger partial charge in [-0.05, 0) is 29.7 Å². The number of thiophene rings is 1. The van der Waals surface area contributed by atoms with Crippen molar-refractivity contribution in [2.45, 2.75) is 0 Å². The molecule has 3 nitrogen and oxygen atoms in total. The number of hydrogen-bond acceptors (Lipinski definition) is 4. The van der Waals surface area contributed by atoms with Gasteiger partial charge >= 0.3 is 5.97 Å². The standard InChI is InChI=1S/C10H9NO2S2/c1-14-11-7-2-3-8-6(4-7)5-9(15-8)10(12)13/h2-5,11H,1H3,(H,12,13). The molecule has 0 bridgehead atoms. The van der Waals surface area contributed by atoms with E-state index in [0.29, 0.717) is 4.88 Å². The molecule has 0 aliphatic heterocycles. The average molecular weight is 239 g/mol. The fraction of sp³-hybridized carbons (Fsp3) is 0.100. The first-order valence-electron chi connectivity index (χ1n) is 4.26. The highest BCUT2D eigenvalue weighted by molar-refractivity contribution is 7.99. The zero-order valence-corrected chi connectivity index (χ0v) is 9.61. The van der Waals surface area contributed by atoms with E-state index in [4.69, 9.17) is 5.11 Å². The second-order valence-corrected chi connectivity index (χ2v) is 4.67. The number of aromatic carboxylic acids is 1. The third kappa shape index (κ3) is 2.08. The molecule has 0 aliphatic rings. The number of rotatable bonds is 3. The maximum atomic E-state index is 10.8. The van der Waals surface area contributed by atoms with E-state index in [1.165, 1.54) is 23.3 Å². The van der Waals surface area contributed by atoms with Crippen molar-refractivity contribution < 1.29 is 9.90 Å². The van der Waals surface area contributed by atoms with Crippen molar-refractivity contribution in [3.05, 3.63) is 29.1 Å². The quantitative estimate of drug-likeness (QED) is 0.807. The lowest BCUT2D eigenvalue weighted by molar-refractivity contribution is 0.0702. The molecule has 0 aliphatic carbocycles. The number of carboxylic acid groups (broad SMARTS) is 1. The molecule has 5 heteroatoms. The lowest BCUT2D eigenvalue weighted by atomic mass is 10.2. The Labute approximate surface area is 95.2 Å². The van der Waals surface area contributed by atoms with E-state index in [-0.39, 0.29) is 0 Å². The maximum Gasteiger partial charge on any atom is 0.345 e. The smallest absolute Gasteiger partial charge is 0.345 e. The summed E-state index contributed by atoms with van der Waals surface area (Å²) in [6.07, 6.45) is 1.94. The molecule has 0 spiro atoms. The largest absolute Gasteiger partial charge is 0.477 e. The highest BCUT2D eigenvalue weighted by atomic mass is 32.2. The number of nitrogens with one attached hydrogen (secondary N) is 1. The topological polar surface area (TPSA) is 49.3 Å². The van der Waals surface area contributed by atoms with Gasteiger partial charge in [0.2, 0.25) is 0 Å². The van der Waals surface area contributed by atoms with Crippen molar-refractivity contribution in [1.82, 2.24) is 0 Å². The number of carbonyl (C=O) groups is 1. The number of carboxylic acids is 1. The van der Waals surface area contributed by atoms with Gasteiger partial charge in [-0.3, -0.25) is 0 Å². The Morgan fingerprint density at radius 2 is 2.27 bits per heavy atom. The van der Waals surface area contributed by atoms with Crippen LogP contribution in [-0.4, -0.2) is 17.3 Å². The number of hydrogen-bond donors (Lipinski definition) is 2. The van der Waals surface area contributed by atoms with Gasteiger partial charge in [0, 0.05) is 16.6 Å². The summed E-state index contributed by atoms with van der Waals surface area (Å²) in [7, 11) is 0. The van der Waals surface area contributed by atoms with Crippen LogP contribution in [0.5, 0.6) is 0 Å². The summed E-state index contributed by atoms with van der Waals surface area (Å²) in [5, 5.41) is 9.82. The molecule has 0 fully saturated rings. The van der Waals surface area contributed by atoms with Gasteiger partial charge in [0.25, 0.3) is 0 Å². The molecule has 0 amide bonds. The van der Waals surface area contributed by atoms with Crippen molar-refractivity contribution >= 4 is 45.0 Å². The summed E-state index contributed by atoms with van der Waals surface area (Å²) in [5.74, 6) is -0.865. The van der Waals surface area contributed by atoms with Crippen molar-refractivity contribution in [2.75, 3.05) is 11.0 Å². The summed E-state index contributed by atoms with van der Waals surface area (Å²) in [6.45, 7) is 0. The van der Waals surface area contributed by atoms with E-state index in [1.54, 1.807) is 6.07 Å². The molecule has 0 saturated carbocycles. The second kappa shape index (κ2) is 4.12. The van der Waals surface area contributed by atoms with Gasteiger partial charge in [0.05, 0.1) is 0 Å². The van der Waals surface area contributed by atoms with E-state index < -0.39 is 5.97 Å². The van der Waals surface area contributed by atoms with Crippen LogP contribution in [0.1, 0.15) is 9.67 Å². The van der Waals surface area contributed by atoms with E-state index in [2.05, 4.69) is 4.72 Å². The Hall–Kier alpha value is -1.20. The summed E-state index contributed by atoms with van der Waals surface area (Å²) in [4.78, 5) is 11.2. The van der Waals surface area contributed by atoms with Gasteiger partial charge in [-0.25, -0.2) is 4.79 Å². The van der Waals surface area contributed by atoms with Crippen molar-refractivity contribution in [2.24, 2.45) is 0 Å². The molecule has 2 aromatic rings. The van der Waals surface area contributed by atoms with Crippen LogP contribution in [0.3, 0.4) is 0 Å². The predicted octanol–water partition coefficient (Wildman–Crippen LogP) is 3.29. The summed E-state index contributed by atoms with van der Waals surface area (Å²) in [5.41, 5.74) is 0.990. The van der Waals surface area contributed by atoms with Crippen LogP contribution in [0.15, 0.2) is 24.3 Å². The summed E-state index contributed by atoms with van der Waals surface area (Å²) >= 11 is 2.81. The Morgan fingerprint density at radius 3 is 2.93 bits per heavy atom. The third-order valence-corrected chi connectivity index (χ3v) is 3.49. The highest BCUT2D eigenvalue weighted by Crippen LogP contribution is 2.28. The predicted molar refractivity (Wildman–Crippen MR) is 65.9 cm³/mol. The molecule has 0 atom stereocenters. The number of benzene rings is 1. The molecule has 1 heterocycles. The third-order valence-electron chi connectivity index (χ3n) is 1.95. The van der Waals surface area contributed by atoms with Gasteiger partial charge in [0.15, 0.2) is 0 Å². The maximum absolute atomic E-state index is 10.8. The first kappa shape index (κ1) is 10.3. The normalized spacial score (nSPS) is 10.5. The molecule has 0 unspecified atom stereocenters. The minimum Gasteiger partial charge on any atom is -0.477 e. The zero-order chi connectivity index (χ0) is 10.8. The molecule has 1 aromatic carbocycles. The lowest BCUT2D eigenvalue weighted by Gasteiger charge is -2.00. The first-order chi connectivity index (χ1) is 7.20. The molecule has 15 heavy (non-hydrogen) atoms. The molecular formula is C10H9NO2S2. The van der Waals surface area contributed by atoms with Gasteiger partial charge in [0.1, 0.15) is 4.88 Å². The van der Waals surface area contributed by atoms with Crippen LogP contribution in [-0.2, 0) is 0 Å². The van der Waals surface area contributed by atoms with Crippen LogP contribution in [0.25, 0.3) is 10.1 Å². The minimum absolute atomic E-state index is 0.381. The molecule has 0 radical (unpaired) electrons. The van der Waals surface area contributed by atoms with Crippen LogP contribution in [0.4, 0.5) is 5.69 Å². The van der Waals surface area contributed by atoms with E-state index in [0.717, 1.165) is 15.8 Å². The minimum atomic E-state index is -0.865. The lowest BCUT2D eigenvalue weighted by Crippen LogP contribution is -1.89. The second-order valence-electron chi connectivity index (χ2n) is 2.97. The Balaban J connectivity index is 2.47. The Morgan fingerprint density at radius 1 is 1.47 bits per heavy atom. The molecule has 1 aromatic heterocycles. The fourth-order valence-corrected chi connectivity index (χ4v) is 2.57. The number of anilines is 1. The Bertz CT molecular complexity index is 507. The number of fused-ring (bicyclic) bond motifs is 1. The molecule has 0 saturated heterocycles. The monoisotopic (exact) mass is 239 g/mol. The average Bonchev–Trinajstić information content (AvgIpc) is 2.61. The molecule has 2 N–H and O–H groups in total. The highest BCUT2D eigenvalue weighted by Gasteiger charge is 2.08. The SMILES string of the molecule is CSNc1ccc2sc(C(=O)O)cc2c1.